The molecule has 0 atom stereocenters. The number of aromatic nitrogens is 6. The van der Waals surface area contributed by atoms with Gasteiger partial charge in [-0.2, -0.15) is 53.7 Å². The SMILES string of the molecule is FC(F)(F)c1ccc(Oc2nnc(-c3[c-]c4ccccc4s3)c3cc4ccccc4cc23)cc1.[CH-]=C(S)c1nncc2cc3ccccc3cc12.[CH-]=C(S)c1nncc2cc3ccccc3cc12.[Ir+3]. The maximum absolute atomic E-state index is 12.9. The van der Waals surface area contributed by atoms with Gasteiger partial charge in [0, 0.05) is 11.1 Å². The Hall–Kier alpha value is -7.06. The fraction of sp³-hybridized carbons (Fsp3) is 0.0182. The maximum atomic E-state index is 12.9. The number of ether oxygens (including phenoxy) is 1. The molecule has 8 aromatic carbocycles. The summed E-state index contributed by atoms with van der Waals surface area (Å²) in [4.78, 5) is 1.63. The Labute approximate surface area is 421 Å². The molecule has 0 bridgehead atoms. The first-order valence-electron chi connectivity index (χ1n) is 20.8. The summed E-state index contributed by atoms with van der Waals surface area (Å²) in [5.41, 5.74) is 1.22. The molecule has 336 valence electrons. The van der Waals surface area contributed by atoms with Gasteiger partial charge in [0.25, 0.3) is 0 Å². The van der Waals surface area contributed by atoms with Crippen LogP contribution in [0.25, 0.3) is 95.1 Å². The molecular weight excluding hydrogens is 1110 g/mol. The third-order valence-electron chi connectivity index (χ3n) is 11.1. The molecule has 0 aliphatic carbocycles. The Morgan fingerprint density at radius 1 is 0.522 bits per heavy atom. The van der Waals surface area contributed by atoms with Gasteiger partial charge in [0.15, 0.2) is 0 Å². The van der Waals surface area contributed by atoms with Crippen molar-refractivity contribution in [3.63, 3.8) is 0 Å². The molecule has 0 fully saturated rings. The predicted octanol–water partition coefficient (Wildman–Crippen LogP) is 15.2. The summed E-state index contributed by atoms with van der Waals surface area (Å²) < 4.78 is 45.8. The minimum Gasteiger partial charge on any atom is -0.437 e. The average molecular weight is 1140 g/mol. The van der Waals surface area contributed by atoms with Gasteiger partial charge in [-0.1, -0.05) is 114 Å². The van der Waals surface area contributed by atoms with Gasteiger partial charge in [0.2, 0.25) is 5.88 Å². The first-order chi connectivity index (χ1) is 33.0. The van der Waals surface area contributed by atoms with Crippen LogP contribution in [0.1, 0.15) is 17.0 Å². The molecular formula is C55H32F3IrN6OS3. The topological polar surface area (TPSA) is 86.6 Å². The Morgan fingerprint density at radius 3 is 1.45 bits per heavy atom. The summed E-state index contributed by atoms with van der Waals surface area (Å²) in [6.07, 6.45) is -0.934. The van der Waals surface area contributed by atoms with Crippen LogP contribution in [0.3, 0.4) is 0 Å². The van der Waals surface area contributed by atoms with Crippen LogP contribution < -0.4 is 4.74 Å². The molecule has 0 aliphatic heterocycles. The van der Waals surface area contributed by atoms with E-state index in [9.17, 15) is 13.2 Å². The fourth-order valence-corrected chi connectivity index (χ4v) is 9.16. The Kier molecular flexibility index (Phi) is 13.5. The van der Waals surface area contributed by atoms with Gasteiger partial charge in [0.1, 0.15) is 5.75 Å². The number of alkyl halides is 3. The van der Waals surface area contributed by atoms with E-state index < -0.39 is 11.7 Å². The van der Waals surface area contributed by atoms with Crippen molar-refractivity contribution in [2.45, 2.75) is 6.18 Å². The zero-order chi connectivity index (χ0) is 46.9. The Balaban J connectivity index is 0.000000142. The average Bonchev–Trinajstić information content (AvgIpc) is 3.79. The zero-order valence-corrected chi connectivity index (χ0v) is 40.7. The first-order valence-corrected chi connectivity index (χ1v) is 22.6. The van der Waals surface area contributed by atoms with Crippen molar-refractivity contribution in [1.29, 1.82) is 0 Å². The second-order valence-corrected chi connectivity index (χ2v) is 17.5. The molecule has 12 aromatic rings. The summed E-state index contributed by atoms with van der Waals surface area (Å²) in [6.45, 7) is 11.4. The molecule has 0 radical (unpaired) electrons. The van der Waals surface area contributed by atoms with Crippen molar-refractivity contribution in [2.75, 3.05) is 0 Å². The monoisotopic (exact) mass is 1140 g/mol. The number of rotatable bonds is 5. The van der Waals surface area contributed by atoms with Crippen molar-refractivity contribution >= 4 is 121 Å². The van der Waals surface area contributed by atoms with E-state index in [0.717, 1.165) is 81.0 Å². The summed E-state index contributed by atoms with van der Waals surface area (Å²) in [5, 5.41) is 37.9. The molecule has 0 aliphatic rings. The second-order valence-electron chi connectivity index (χ2n) is 15.5. The van der Waals surface area contributed by atoms with Crippen LogP contribution in [0, 0.1) is 19.2 Å². The summed E-state index contributed by atoms with van der Waals surface area (Å²) in [5.74, 6) is 0.475. The van der Waals surface area contributed by atoms with E-state index in [1.54, 1.807) is 23.7 Å². The van der Waals surface area contributed by atoms with Crippen LogP contribution in [-0.2, 0) is 26.3 Å². The number of hydrogen-bond donors (Lipinski definition) is 2. The van der Waals surface area contributed by atoms with Gasteiger partial charge in [0.05, 0.1) is 18.0 Å². The fourth-order valence-electron chi connectivity index (χ4n) is 7.83. The molecule has 0 saturated heterocycles. The van der Waals surface area contributed by atoms with Crippen LogP contribution in [0.15, 0.2) is 170 Å². The Bertz CT molecular complexity index is 3760. The number of thiophene rings is 1. The van der Waals surface area contributed by atoms with E-state index >= 15 is 0 Å². The van der Waals surface area contributed by atoms with E-state index in [2.05, 4.69) is 110 Å². The number of fused-ring (bicyclic) bond motifs is 7. The maximum Gasteiger partial charge on any atom is 3.00 e. The van der Waals surface area contributed by atoms with Gasteiger partial charge < -0.3 is 4.74 Å². The van der Waals surface area contributed by atoms with Gasteiger partial charge in [-0.3, -0.25) is 13.2 Å². The molecule has 0 saturated carbocycles. The second kappa shape index (κ2) is 19.9. The first kappa shape index (κ1) is 47.0. The Morgan fingerprint density at radius 2 is 0.971 bits per heavy atom. The van der Waals surface area contributed by atoms with Crippen molar-refractivity contribution < 1.29 is 38.0 Å². The van der Waals surface area contributed by atoms with E-state index in [-0.39, 0.29) is 31.7 Å². The quantitative estimate of drug-likeness (QED) is 0.101. The van der Waals surface area contributed by atoms with Crippen LogP contribution in [-0.4, -0.2) is 30.6 Å². The summed E-state index contributed by atoms with van der Waals surface area (Å²) >= 11 is 9.88. The molecule has 4 aromatic heterocycles. The minimum absolute atomic E-state index is 0. The number of halogens is 3. The van der Waals surface area contributed by atoms with Crippen LogP contribution in [0.5, 0.6) is 11.6 Å². The molecule has 7 nitrogen and oxygen atoms in total. The molecule has 0 N–H and O–H groups in total. The molecule has 0 amide bonds. The number of nitrogens with zero attached hydrogens (tertiary/aromatic N) is 6. The normalized spacial score (nSPS) is 11.3. The van der Waals surface area contributed by atoms with Crippen LogP contribution in [0.4, 0.5) is 13.2 Å². The van der Waals surface area contributed by atoms with E-state index in [1.807, 2.05) is 84.9 Å². The molecule has 4 heterocycles. The van der Waals surface area contributed by atoms with E-state index in [1.165, 1.54) is 22.9 Å². The van der Waals surface area contributed by atoms with Crippen molar-refractivity contribution in [3.8, 4) is 22.2 Å². The standard InChI is InChI=1S/C27H14F3N2OS.2C14H9N2S.Ir/c28-27(29,30)19-9-11-20(12-10-19)33-26-22-14-17-6-2-1-5-16(17)13-21(22)25(31-32-26)24-15-18-7-3-4-8-23(18)34-24;2*1-9(17)14-13-7-11-5-3-2-4-10(11)6-12(13)8-15-16-14;/h1-14H;2*1-8,17H;/q3*-1;+3. The van der Waals surface area contributed by atoms with Crippen molar-refractivity contribution in [2.24, 2.45) is 0 Å². The van der Waals surface area contributed by atoms with Crippen molar-refractivity contribution in [1.82, 2.24) is 30.6 Å². The van der Waals surface area contributed by atoms with E-state index in [4.69, 9.17) is 17.9 Å². The van der Waals surface area contributed by atoms with Gasteiger partial charge in [-0.15, -0.1) is 38.5 Å². The van der Waals surface area contributed by atoms with Gasteiger partial charge >= 0.3 is 26.3 Å². The minimum atomic E-state index is -4.41. The van der Waals surface area contributed by atoms with Gasteiger partial charge in [-0.05, 0) is 112 Å². The van der Waals surface area contributed by atoms with Crippen molar-refractivity contribution in [3.05, 3.63) is 206 Å². The molecule has 0 unspecified atom stereocenters. The third-order valence-corrected chi connectivity index (χ3v) is 12.6. The van der Waals surface area contributed by atoms with E-state index in [0.29, 0.717) is 26.9 Å². The molecule has 0 spiro atoms. The van der Waals surface area contributed by atoms with Gasteiger partial charge in [-0.25, -0.2) is 21.5 Å². The molecule has 14 heteroatoms. The number of thiol groups is 2. The van der Waals surface area contributed by atoms with Crippen LogP contribution >= 0.6 is 36.6 Å². The molecule has 12 rings (SSSR count). The zero-order valence-electron chi connectivity index (χ0n) is 35.7. The number of hydrogen-bond acceptors (Lipinski definition) is 10. The number of benzene rings is 8. The molecule has 69 heavy (non-hydrogen) atoms. The summed E-state index contributed by atoms with van der Waals surface area (Å²) in [6, 6.07) is 52.5. The third kappa shape index (κ3) is 9.94. The van der Waals surface area contributed by atoms with Crippen LogP contribution in [0.2, 0.25) is 0 Å². The largest absolute Gasteiger partial charge is 3.00 e. The summed E-state index contributed by atoms with van der Waals surface area (Å²) in [7, 11) is 0. The smallest absolute Gasteiger partial charge is 0.437 e. The predicted molar refractivity (Wildman–Crippen MR) is 276 cm³/mol.